The molecule has 0 fully saturated rings. The average molecular weight is 333 g/mol. The smallest absolute Gasteiger partial charge is 0.255 e. The van der Waals surface area contributed by atoms with Crippen LogP contribution in [0.3, 0.4) is 0 Å². The second-order valence-corrected chi connectivity index (χ2v) is 5.56. The highest BCUT2D eigenvalue weighted by Crippen LogP contribution is 2.33. The number of nitrogen functional groups attached to an aromatic ring is 1. The first-order chi connectivity index (χ1) is 12.2. The fourth-order valence-electron chi connectivity index (χ4n) is 2.62. The highest BCUT2D eigenvalue weighted by atomic mass is 16.7. The van der Waals surface area contributed by atoms with E-state index in [1.54, 1.807) is 36.7 Å². The number of ether oxygens (including phenoxy) is 2. The van der Waals surface area contributed by atoms with Crippen LogP contribution in [0, 0.1) is 0 Å². The Morgan fingerprint density at radius 2 is 1.76 bits per heavy atom. The number of amides is 1. The normalized spacial score (nSPS) is 12.0. The van der Waals surface area contributed by atoms with Crippen molar-refractivity contribution in [2.75, 3.05) is 17.8 Å². The summed E-state index contributed by atoms with van der Waals surface area (Å²) in [5.74, 6) is 0.929. The molecule has 0 spiro atoms. The van der Waals surface area contributed by atoms with Crippen LogP contribution in [-0.4, -0.2) is 17.7 Å². The zero-order valence-electron chi connectivity index (χ0n) is 13.2. The quantitative estimate of drug-likeness (QED) is 0.718. The number of hydrogen-bond acceptors (Lipinski definition) is 5. The number of carbonyl (C=O) groups is 1. The first kappa shape index (κ1) is 15.0. The zero-order valence-corrected chi connectivity index (χ0v) is 13.2. The molecule has 3 N–H and O–H groups in total. The summed E-state index contributed by atoms with van der Waals surface area (Å²) >= 11 is 0. The number of hydrogen-bond donors (Lipinski definition) is 2. The number of benzene rings is 2. The van der Waals surface area contributed by atoms with Crippen molar-refractivity contribution in [1.29, 1.82) is 0 Å². The van der Waals surface area contributed by atoms with Crippen molar-refractivity contribution in [3.05, 3.63) is 66.5 Å². The number of anilines is 2. The van der Waals surface area contributed by atoms with Crippen molar-refractivity contribution in [3.63, 3.8) is 0 Å². The van der Waals surface area contributed by atoms with Gasteiger partial charge in [0, 0.05) is 18.0 Å². The van der Waals surface area contributed by atoms with Crippen LogP contribution in [0.5, 0.6) is 11.5 Å². The third-order valence-electron chi connectivity index (χ3n) is 3.95. The van der Waals surface area contributed by atoms with Gasteiger partial charge in [0.15, 0.2) is 11.5 Å². The molecule has 6 heteroatoms. The molecule has 6 nitrogen and oxygen atoms in total. The molecule has 25 heavy (non-hydrogen) atoms. The molecule has 0 atom stereocenters. The Labute approximate surface area is 144 Å². The maximum Gasteiger partial charge on any atom is 0.255 e. The maximum atomic E-state index is 12.5. The number of nitrogens with two attached hydrogens (primary N) is 1. The minimum Gasteiger partial charge on any atom is -0.454 e. The average Bonchev–Trinajstić information content (AvgIpc) is 3.12. The predicted octanol–water partition coefficient (Wildman–Crippen LogP) is 3.31. The van der Waals surface area contributed by atoms with Crippen LogP contribution >= 0.6 is 0 Å². The standard InChI is InChI=1S/C19H15N3O3/c20-15-3-1-13(12-5-7-21-8-6-12)9-16(15)22-19(23)14-2-4-17-18(10-14)25-11-24-17/h1-10H,11,20H2,(H,22,23). The van der Waals surface area contributed by atoms with Gasteiger partial charge in [-0.2, -0.15) is 0 Å². The molecule has 1 aliphatic rings. The second kappa shape index (κ2) is 6.16. The molecule has 3 aromatic rings. The number of pyridine rings is 1. The van der Waals surface area contributed by atoms with Crippen LogP contribution in [0.15, 0.2) is 60.9 Å². The highest BCUT2D eigenvalue weighted by Gasteiger charge is 2.17. The molecule has 4 rings (SSSR count). The van der Waals surface area contributed by atoms with Crippen LogP contribution in [0.2, 0.25) is 0 Å². The fraction of sp³-hybridized carbons (Fsp3) is 0.0526. The van der Waals surface area contributed by atoms with Crippen molar-refractivity contribution in [3.8, 4) is 22.6 Å². The first-order valence-electron chi connectivity index (χ1n) is 7.71. The molecule has 0 saturated heterocycles. The molecule has 1 aromatic heterocycles. The summed E-state index contributed by atoms with van der Waals surface area (Å²) in [6.07, 6.45) is 3.44. The van der Waals surface area contributed by atoms with Crippen molar-refractivity contribution in [1.82, 2.24) is 4.98 Å². The SMILES string of the molecule is Nc1ccc(-c2ccncc2)cc1NC(=O)c1ccc2c(c1)OCO2. The lowest BCUT2D eigenvalue weighted by atomic mass is 10.1. The summed E-state index contributed by atoms with van der Waals surface area (Å²) in [5, 5.41) is 2.85. The largest absolute Gasteiger partial charge is 0.454 e. The predicted molar refractivity (Wildman–Crippen MR) is 94.6 cm³/mol. The number of aromatic nitrogens is 1. The van der Waals surface area contributed by atoms with E-state index in [4.69, 9.17) is 15.2 Å². The van der Waals surface area contributed by atoms with Crippen LogP contribution < -0.4 is 20.5 Å². The fourth-order valence-corrected chi connectivity index (χ4v) is 2.62. The summed E-state index contributed by atoms with van der Waals surface area (Å²) in [4.78, 5) is 16.6. The van der Waals surface area contributed by atoms with Gasteiger partial charge in [-0.05, 0) is 53.6 Å². The summed E-state index contributed by atoms with van der Waals surface area (Å²) in [6, 6.07) is 14.4. The van der Waals surface area contributed by atoms with Crippen LogP contribution in [0.25, 0.3) is 11.1 Å². The Morgan fingerprint density at radius 3 is 2.60 bits per heavy atom. The molecule has 0 aliphatic carbocycles. The molecule has 2 heterocycles. The van der Waals surface area contributed by atoms with E-state index in [1.807, 2.05) is 24.3 Å². The highest BCUT2D eigenvalue weighted by molar-refractivity contribution is 6.06. The summed E-state index contributed by atoms with van der Waals surface area (Å²) in [5.41, 5.74) is 9.46. The van der Waals surface area contributed by atoms with Gasteiger partial charge in [0.1, 0.15) is 0 Å². The molecule has 1 aliphatic heterocycles. The van der Waals surface area contributed by atoms with Gasteiger partial charge in [0.05, 0.1) is 11.4 Å². The van der Waals surface area contributed by atoms with Crippen molar-refractivity contribution in [2.45, 2.75) is 0 Å². The monoisotopic (exact) mass is 333 g/mol. The molecular weight excluding hydrogens is 318 g/mol. The van der Waals surface area contributed by atoms with E-state index in [0.717, 1.165) is 11.1 Å². The lowest BCUT2D eigenvalue weighted by molar-refractivity contribution is 0.102. The Hall–Kier alpha value is -3.54. The molecular formula is C19H15N3O3. The van der Waals surface area contributed by atoms with E-state index >= 15 is 0 Å². The van der Waals surface area contributed by atoms with Gasteiger partial charge in [-0.1, -0.05) is 6.07 Å². The van der Waals surface area contributed by atoms with Crippen LogP contribution in [-0.2, 0) is 0 Å². The Kier molecular flexibility index (Phi) is 3.70. The molecule has 0 radical (unpaired) electrons. The van der Waals surface area contributed by atoms with Gasteiger partial charge in [-0.15, -0.1) is 0 Å². The molecule has 2 aromatic carbocycles. The van der Waals surface area contributed by atoms with Crippen molar-refractivity contribution in [2.24, 2.45) is 0 Å². The van der Waals surface area contributed by atoms with E-state index in [2.05, 4.69) is 10.3 Å². The number of nitrogens with zero attached hydrogens (tertiary/aromatic N) is 1. The minimum absolute atomic E-state index is 0.168. The number of fused-ring (bicyclic) bond motifs is 1. The summed E-state index contributed by atoms with van der Waals surface area (Å²) < 4.78 is 10.6. The Bertz CT molecular complexity index is 942. The van der Waals surface area contributed by atoms with E-state index in [1.165, 1.54) is 0 Å². The van der Waals surface area contributed by atoms with Crippen LogP contribution in [0.1, 0.15) is 10.4 Å². The molecule has 0 bridgehead atoms. The number of carbonyl (C=O) groups excluding carboxylic acids is 1. The van der Waals surface area contributed by atoms with E-state index < -0.39 is 0 Å². The minimum atomic E-state index is -0.267. The van der Waals surface area contributed by atoms with E-state index in [9.17, 15) is 4.79 Å². The molecule has 124 valence electrons. The Balaban J connectivity index is 1.61. The third kappa shape index (κ3) is 2.97. The number of nitrogens with one attached hydrogen (secondary N) is 1. The van der Waals surface area contributed by atoms with Crippen LogP contribution in [0.4, 0.5) is 11.4 Å². The van der Waals surface area contributed by atoms with Gasteiger partial charge in [0.2, 0.25) is 6.79 Å². The summed E-state index contributed by atoms with van der Waals surface area (Å²) in [6.45, 7) is 0.168. The maximum absolute atomic E-state index is 12.5. The van der Waals surface area contributed by atoms with E-state index in [-0.39, 0.29) is 12.7 Å². The van der Waals surface area contributed by atoms with Gasteiger partial charge >= 0.3 is 0 Å². The topological polar surface area (TPSA) is 86.5 Å². The van der Waals surface area contributed by atoms with Gasteiger partial charge in [-0.25, -0.2) is 0 Å². The van der Waals surface area contributed by atoms with E-state index in [0.29, 0.717) is 28.4 Å². The lowest BCUT2D eigenvalue weighted by Gasteiger charge is -2.11. The molecule has 0 saturated carbocycles. The molecule has 1 amide bonds. The van der Waals surface area contributed by atoms with Gasteiger partial charge < -0.3 is 20.5 Å². The molecule has 0 unspecified atom stereocenters. The van der Waals surface area contributed by atoms with Gasteiger partial charge in [0.25, 0.3) is 5.91 Å². The lowest BCUT2D eigenvalue weighted by Crippen LogP contribution is -2.13. The number of rotatable bonds is 3. The van der Waals surface area contributed by atoms with Crippen molar-refractivity contribution < 1.29 is 14.3 Å². The first-order valence-corrected chi connectivity index (χ1v) is 7.71. The Morgan fingerprint density at radius 1 is 0.960 bits per heavy atom. The summed E-state index contributed by atoms with van der Waals surface area (Å²) in [7, 11) is 0. The van der Waals surface area contributed by atoms with Gasteiger partial charge in [-0.3, -0.25) is 9.78 Å². The second-order valence-electron chi connectivity index (χ2n) is 5.56. The van der Waals surface area contributed by atoms with Crippen molar-refractivity contribution >= 4 is 17.3 Å². The third-order valence-corrected chi connectivity index (χ3v) is 3.95. The zero-order chi connectivity index (χ0) is 17.2.